The molecule has 4 heterocycles. The normalized spacial score (nSPS) is 27.2. The van der Waals surface area contributed by atoms with Gasteiger partial charge in [0.1, 0.15) is 0 Å². The molecule has 4 saturated carbocycles. The van der Waals surface area contributed by atoms with Crippen molar-refractivity contribution in [2.45, 2.75) is 230 Å². The molecule has 12 atom stereocenters. The average Bonchev–Trinajstić information content (AvgIpc) is 1.51. The first-order valence-electron chi connectivity index (χ1n) is 49.8. The van der Waals surface area contributed by atoms with Gasteiger partial charge in [-0.1, -0.05) is 287 Å². The zero-order valence-corrected chi connectivity index (χ0v) is 78.3. The van der Waals surface area contributed by atoms with Crippen LogP contribution in [0.15, 0.2) is 303 Å². The number of para-hydroxylation sites is 4. The Balaban J connectivity index is 0.795. The predicted molar refractivity (Wildman–Crippen MR) is 554 cm³/mol. The number of nitrogens with zero attached hydrogens (tertiary/aromatic N) is 4. The maximum Gasteiger partial charge on any atom is 0.0518 e. The largest absolute Gasteiger partial charge is 0.334 e. The SMILES string of the molecule is CCC1CCC2(C)N(c3ccccc3)c3ccc(-c4ccc5c6c(-c7ccccc7)c7c8ccc(-c9ccc%10c(c9)C9(C)CC(CC)CCC9(C)N%10c9ccccc9)c9c(-c%10ccc%11c(c%10)C%10(C)CC(CC)CCC%10(C)N%11c%10ccccc%10)ccc(c7c(-c7ccccc7)c6c6ccc(-c7ccc%10c(c7)C7(C)CC(CC)CCC7(C)N%10c7ccccc7)c4c56)c98)cc3C2(C)C1. The van der Waals surface area contributed by atoms with E-state index in [-0.39, 0.29) is 43.8 Å². The smallest absolute Gasteiger partial charge is 0.0518 e. The van der Waals surface area contributed by atoms with Crippen molar-refractivity contribution in [3.63, 3.8) is 0 Å². The fraction of sp³-hybridized carbons (Fsp3) is 0.317. The van der Waals surface area contributed by atoms with Gasteiger partial charge in [-0.05, 0) is 379 Å². The molecule has 130 heavy (non-hydrogen) atoms. The summed E-state index contributed by atoms with van der Waals surface area (Å²) in [6.07, 6.45) is 18.9. The van der Waals surface area contributed by atoms with Gasteiger partial charge in [0.2, 0.25) is 0 Å². The second-order valence-electron chi connectivity index (χ2n) is 43.2. The van der Waals surface area contributed by atoms with Crippen molar-refractivity contribution >= 4 is 110 Å². The molecular weight excluding hydrogens is 1570 g/mol. The molecule has 0 aromatic heterocycles. The first-order valence-corrected chi connectivity index (χ1v) is 49.8. The van der Waals surface area contributed by atoms with Gasteiger partial charge in [0, 0.05) is 67.2 Å². The first kappa shape index (κ1) is 80.1. The van der Waals surface area contributed by atoms with E-state index in [1.807, 2.05) is 0 Å². The molecule has 8 aliphatic rings. The van der Waals surface area contributed by atoms with Crippen molar-refractivity contribution in [1.29, 1.82) is 0 Å². The average molecular weight is 1690 g/mol. The van der Waals surface area contributed by atoms with Gasteiger partial charge in [-0.15, -0.1) is 0 Å². The van der Waals surface area contributed by atoms with E-state index < -0.39 is 0 Å². The summed E-state index contributed by atoms with van der Waals surface area (Å²) in [5.74, 6) is 2.60. The van der Waals surface area contributed by atoms with Gasteiger partial charge >= 0.3 is 0 Å². The van der Waals surface area contributed by atoms with Crippen molar-refractivity contribution in [3.8, 4) is 66.8 Å². The molecule has 17 aromatic rings. The molecule has 646 valence electrons. The third-order valence-corrected chi connectivity index (χ3v) is 37.6. The van der Waals surface area contributed by atoms with E-state index in [4.69, 9.17) is 0 Å². The summed E-state index contributed by atoms with van der Waals surface area (Å²) >= 11 is 0. The van der Waals surface area contributed by atoms with Crippen LogP contribution in [0.25, 0.3) is 131 Å². The van der Waals surface area contributed by atoms with Crippen LogP contribution in [0.2, 0.25) is 0 Å². The quantitative estimate of drug-likeness (QED) is 0.108. The summed E-state index contributed by atoms with van der Waals surface area (Å²) in [4.78, 5) is 11.1. The van der Waals surface area contributed by atoms with Gasteiger partial charge in [-0.25, -0.2) is 0 Å². The van der Waals surface area contributed by atoms with Crippen LogP contribution >= 0.6 is 0 Å². The van der Waals surface area contributed by atoms with Gasteiger partial charge in [0.05, 0.1) is 22.2 Å². The third kappa shape index (κ3) is 10.6. The second kappa shape index (κ2) is 28.8. The van der Waals surface area contributed by atoms with E-state index in [1.165, 1.54) is 251 Å². The molecule has 0 bridgehead atoms. The Bertz CT molecular complexity index is 6590. The Morgan fingerprint density at radius 2 is 0.438 bits per heavy atom. The summed E-state index contributed by atoms with van der Waals surface area (Å²) in [7, 11) is 0. The molecule has 4 heteroatoms. The molecule has 0 saturated heterocycles. The van der Waals surface area contributed by atoms with Crippen molar-refractivity contribution in [1.82, 2.24) is 0 Å². The molecule has 0 amide bonds. The van der Waals surface area contributed by atoms with Crippen LogP contribution in [0.5, 0.6) is 0 Å². The number of benzene rings is 15. The minimum absolute atomic E-state index is 0.112. The highest BCUT2D eigenvalue weighted by Crippen LogP contribution is 2.70. The van der Waals surface area contributed by atoms with Gasteiger partial charge in [0.25, 0.3) is 0 Å². The van der Waals surface area contributed by atoms with Crippen LogP contribution in [0.4, 0.5) is 45.5 Å². The highest BCUT2D eigenvalue weighted by molar-refractivity contribution is 6.48. The number of fused-ring (bicyclic) bond motifs is 18. The Labute approximate surface area is 770 Å². The molecule has 0 radical (unpaired) electrons. The zero-order chi connectivity index (χ0) is 88.1. The first-order chi connectivity index (χ1) is 63.2. The Morgan fingerprint density at radius 3 is 0.654 bits per heavy atom. The Morgan fingerprint density at radius 1 is 0.223 bits per heavy atom. The van der Waals surface area contributed by atoms with Crippen molar-refractivity contribution in [3.05, 3.63) is 326 Å². The summed E-state index contributed by atoms with van der Waals surface area (Å²) < 4.78 is 0. The van der Waals surface area contributed by atoms with Crippen LogP contribution in [-0.4, -0.2) is 22.2 Å². The van der Waals surface area contributed by atoms with E-state index in [0.717, 1.165) is 51.4 Å². The maximum atomic E-state index is 2.77. The third-order valence-electron chi connectivity index (χ3n) is 37.6. The fourth-order valence-electron chi connectivity index (χ4n) is 29.9. The standard InChI is InChI=1S/C126H122N4/c1-13-79-63-67-123(9)119(5,75-79)101-71-85(47-59-105(101)127(123)89-39-27-19-28-40-89)93-51-55-97-113-98(56-52-94(111(93)113)86-48-60-106-102(72-86)120(6)76-80(14-2)64-68-124(120,10)128(106)90-41-29-20-30-42-90)116-110(84-37-25-18-26-38-84)118-100-58-54-96(88-50-62-108-104(74-88)122(8)78-82(16-4)66-70-126(122,12)130(108)92-45-33-22-34-46-92)112-95(53-57-99(114(100)112)117(118)109(115(97)116)83-35-23-17-24-36-83)87-49-61-107-103(73-87)121(7)77-81(15-3)65-69-125(121,11)129(107)91-43-31-21-32-44-91/h17-62,71-74,79-82H,13-16,63-70,75-78H2,1-12H3. The molecule has 4 fully saturated rings. The number of hydrogen-bond donors (Lipinski definition) is 0. The minimum Gasteiger partial charge on any atom is -0.334 e. The van der Waals surface area contributed by atoms with Crippen molar-refractivity contribution in [2.24, 2.45) is 23.7 Å². The molecular formula is C126H122N4. The highest BCUT2D eigenvalue weighted by Gasteiger charge is 2.64. The lowest BCUT2D eigenvalue weighted by molar-refractivity contribution is 0.143. The monoisotopic (exact) mass is 1690 g/mol. The molecule has 17 aromatic carbocycles. The Kier molecular flexibility index (Phi) is 17.7. The highest BCUT2D eigenvalue weighted by atomic mass is 15.3. The molecule has 12 unspecified atom stereocenters. The lowest BCUT2D eigenvalue weighted by Crippen LogP contribution is -2.56. The van der Waals surface area contributed by atoms with E-state index in [2.05, 4.69) is 406 Å². The summed E-state index contributed by atoms with van der Waals surface area (Å²) in [6.45, 7) is 30.8. The molecule has 4 aliphatic heterocycles. The molecule has 4 aliphatic carbocycles. The van der Waals surface area contributed by atoms with Crippen LogP contribution in [0.1, 0.15) is 208 Å². The Hall–Kier alpha value is -12.0. The number of hydrogen-bond acceptors (Lipinski definition) is 4. The summed E-state index contributed by atoms with van der Waals surface area (Å²) in [6, 6.07) is 121. The van der Waals surface area contributed by atoms with E-state index in [1.54, 1.807) is 0 Å². The van der Waals surface area contributed by atoms with Crippen LogP contribution in [-0.2, 0) is 21.7 Å². The van der Waals surface area contributed by atoms with Crippen LogP contribution in [0, 0.1) is 23.7 Å². The van der Waals surface area contributed by atoms with Gasteiger partial charge in [0.15, 0.2) is 0 Å². The van der Waals surface area contributed by atoms with E-state index in [9.17, 15) is 0 Å². The zero-order valence-electron chi connectivity index (χ0n) is 78.3. The summed E-state index contributed by atoms with van der Waals surface area (Å²) in [5.41, 5.74) is 31.1. The predicted octanol–water partition coefficient (Wildman–Crippen LogP) is 35.0. The number of anilines is 8. The minimum atomic E-state index is -0.120. The molecule has 0 N–H and O–H groups in total. The topological polar surface area (TPSA) is 13.0 Å². The molecule has 0 spiro atoms. The van der Waals surface area contributed by atoms with Crippen molar-refractivity contribution < 1.29 is 0 Å². The lowest BCUT2D eigenvalue weighted by Gasteiger charge is -2.52. The fourth-order valence-corrected chi connectivity index (χ4v) is 29.9. The van der Waals surface area contributed by atoms with Crippen molar-refractivity contribution in [2.75, 3.05) is 19.6 Å². The van der Waals surface area contributed by atoms with Crippen LogP contribution < -0.4 is 19.6 Å². The van der Waals surface area contributed by atoms with Gasteiger partial charge in [-0.2, -0.15) is 0 Å². The molecule has 4 nitrogen and oxygen atoms in total. The second-order valence-corrected chi connectivity index (χ2v) is 43.2. The lowest BCUT2D eigenvalue weighted by atomic mass is 9.58. The van der Waals surface area contributed by atoms with Crippen LogP contribution in [0.3, 0.4) is 0 Å². The van der Waals surface area contributed by atoms with Gasteiger partial charge in [-0.3, -0.25) is 0 Å². The maximum absolute atomic E-state index is 2.77. The van der Waals surface area contributed by atoms with E-state index >= 15 is 0 Å². The summed E-state index contributed by atoms with van der Waals surface area (Å²) in [5, 5.41) is 15.9. The number of rotatable bonds is 14. The van der Waals surface area contributed by atoms with Gasteiger partial charge < -0.3 is 19.6 Å². The molecule has 25 rings (SSSR count). The van der Waals surface area contributed by atoms with E-state index in [0.29, 0.717) is 23.7 Å².